The third kappa shape index (κ3) is 3.53. The SMILES string of the molecule is COc1c(Oc2ccc(Br)cc2Br)cc(Cl)c(Br)c1Br. The minimum Gasteiger partial charge on any atom is -0.492 e. The average molecular weight is 550 g/mol. The van der Waals surface area contributed by atoms with Crippen LogP contribution < -0.4 is 9.47 Å². The van der Waals surface area contributed by atoms with Gasteiger partial charge in [0.05, 0.1) is 25.6 Å². The van der Waals surface area contributed by atoms with Crippen molar-refractivity contribution in [3.63, 3.8) is 0 Å². The Labute approximate surface area is 155 Å². The second kappa shape index (κ2) is 7.01. The fraction of sp³-hybridized carbons (Fsp3) is 0.0769. The van der Waals surface area contributed by atoms with E-state index in [0.29, 0.717) is 26.7 Å². The quantitative estimate of drug-likeness (QED) is 0.377. The summed E-state index contributed by atoms with van der Waals surface area (Å²) in [4.78, 5) is 0. The van der Waals surface area contributed by atoms with Crippen molar-refractivity contribution in [3.8, 4) is 17.2 Å². The molecule has 2 aromatic rings. The predicted molar refractivity (Wildman–Crippen MR) is 95.3 cm³/mol. The van der Waals surface area contributed by atoms with E-state index >= 15 is 0 Å². The first kappa shape index (κ1) is 16.6. The fourth-order valence-electron chi connectivity index (χ4n) is 1.50. The smallest absolute Gasteiger partial charge is 0.176 e. The van der Waals surface area contributed by atoms with Gasteiger partial charge in [-0.3, -0.25) is 0 Å². The molecule has 0 spiro atoms. The lowest BCUT2D eigenvalue weighted by Gasteiger charge is -2.15. The minimum absolute atomic E-state index is 0.524. The lowest BCUT2D eigenvalue weighted by atomic mass is 10.3. The highest BCUT2D eigenvalue weighted by atomic mass is 79.9. The molecule has 0 amide bonds. The van der Waals surface area contributed by atoms with Crippen LogP contribution in [0.3, 0.4) is 0 Å². The van der Waals surface area contributed by atoms with E-state index in [2.05, 4.69) is 63.7 Å². The Balaban J connectivity index is 2.48. The Morgan fingerprint density at radius 3 is 2.25 bits per heavy atom. The Bertz CT molecular complexity index is 661. The molecule has 0 aliphatic heterocycles. The summed E-state index contributed by atoms with van der Waals surface area (Å²) < 4.78 is 14.4. The Morgan fingerprint density at radius 2 is 1.65 bits per heavy atom. The van der Waals surface area contributed by atoms with E-state index in [1.165, 1.54) is 0 Å². The number of methoxy groups -OCH3 is 1. The van der Waals surface area contributed by atoms with Gasteiger partial charge in [0.25, 0.3) is 0 Å². The van der Waals surface area contributed by atoms with Crippen molar-refractivity contribution >= 4 is 75.3 Å². The van der Waals surface area contributed by atoms with Gasteiger partial charge in [-0.2, -0.15) is 0 Å². The van der Waals surface area contributed by atoms with E-state index in [-0.39, 0.29) is 0 Å². The maximum Gasteiger partial charge on any atom is 0.176 e. The molecule has 20 heavy (non-hydrogen) atoms. The number of hydrogen-bond acceptors (Lipinski definition) is 2. The molecular formula is C13H7Br4ClO2. The number of ether oxygens (including phenoxy) is 2. The highest BCUT2D eigenvalue weighted by Crippen LogP contribution is 2.46. The predicted octanol–water partition coefficient (Wildman–Crippen LogP) is 7.19. The first-order valence-electron chi connectivity index (χ1n) is 5.28. The van der Waals surface area contributed by atoms with Crippen molar-refractivity contribution in [3.05, 3.63) is 47.2 Å². The molecule has 0 saturated heterocycles. The van der Waals surface area contributed by atoms with Crippen LogP contribution in [-0.4, -0.2) is 7.11 Å². The fourth-order valence-corrected chi connectivity index (χ4v) is 3.80. The minimum atomic E-state index is 0.524. The molecule has 0 aliphatic rings. The van der Waals surface area contributed by atoms with Gasteiger partial charge in [0.1, 0.15) is 5.75 Å². The molecule has 0 aromatic heterocycles. The van der Waals surface area contributed by atoms with E-state index in [1.807, 2.05) is 18.2 Å². The van der Waals surface area contributed by atoms with E-state index < -0.39 is 0 Å². The molecular weight excluding hydrogens is 543 g/mol. The van der Waals surface area contributed by atoms with Crippen LogP contribution in [-0.2, 0) is 0 Å². The molecule has 0 heterocycles. The largest absolute Gasteiger partial charge is 0.492 e. The lowest BCUT2D eigenvalue weighted by Crippen LogP contribution is -1.93. The monoisotopic (exact) mass is 546 g/mol. The van der Waals surface area contributed by atoms with Gasteiger partial charge in [0.2, 0.25) is 0 Å². The number of benzene rings is 2. The van der Waals surface area contributed by atoms with Crippen LogP contribution >= 0.6 is 75.3 Å². The summed E-state index contributed by atoms with van der Waals surface area (Å²) in [6, 6.07) is 7.33. The zero-order valence-electron chi connectivity index (χ0n) is 10.0. The first-order valence-corrected chi connectivity index (χ1v) is 8.83. The molecule has 0 atom stereocenters. The van der Waals surface area contributed by atoms with Crippen molar-refractivity contribution in [2.75, 3.05) is 7.11 Å². The van der Waals surface area contributed by atoms with Crippen molar-refractivity contribution in [1.82, 2.24) is 0 Å². The molecule has 0 saturated carbocycles. The van der Waals surface area contributed by atoms with Crippen molar-refractivity contribution < 1.29 is 9.47 Å². The summed E-state index contributed by atoms with van der Waals surface area (Å²) in [5, 5.41) is 0.529. The average Bonchev–Trinajstić information content (AvgIpc) is 2.40. The normalized spacial score (nSPS) is 10.5. The molecule has 0 aliphatic carbocycles. The summed E-state index contributed by atoms with van der Waals surface area (Å²) in [5.41, 5.74) is 0. The van der Waals surface area contributed by atoms with Crippen molar-refractivity contribution in [2.24, 2.45) is 0 Å². The van der Waals surface area contributed by atoms with Crippen LogP contribution in [0.5, 0.6) is 17.2 Å². The molecule has 7 heteroatoms. The van der Waals surface area contributed by atoms with Crippen LogP contribution in [0.1, 0.15) is 0 Å². The molecule has 0 bridgehead atoms. The summed E-state index contributed by atoms with van der Waals surface area (Å²) in [6.07, 6.45) is 0. The van der Waals surface area contributed by atoms with Crippen LogP contribution in [0.25, 0.3) is 0 Å². The van der Waals surface area contributed by atoms with Gasteiger partial charge in [-0.25, -0.2) is 0 Å². The highest BCUT2D eigenvalue weighted by molar-refractivity contribution is 9.13. The molecule has 0 radical (unpaired) electrons. The van der Waals surface area contributed by atoms with Crippen LogP contribution in [0.4, 0.5) is 0 Å². The van der Waals surface area contributed by atoms with Gasteiger partial charge in [-0.1, -0.05) is 27.5 Å². The van der Waals surface area contributed by atoms with E-state index in [9.17, 15) is 0 Å². The van der Waals surface area contributed by atoms with E-state index in [4.69, 9.17) is 21.1 Å². The second-order valence-electron chi connectivity index (χ2n) is 3.69. The van der Waals surface area contributed by atoms with Gasteiger partial charge in [-0.05, 0) is 66.0 Å². The summed E-state index contributed by atoms with van der Waals surface area (Å²) >= 11 is 19.8. The first-order chi connectivity index (χ1) is 9.43. The molecule has 0 unspecified atom stereocenters. The molecule has 106 valence electrons. The summed E-state index contributed by atoms with van der Waals surface area (Å²) in [6.45, 7) is 0. The summed E-state index contributed by atoms with van der Waals surface area (Å²) in [7, 11) is 1.57. The number of halogens is 5. The molecule has 2 nitrogen and oxygen atoms in total. The maximum absolute atomic E-state index is 6.15. The summed E-state index contributed by atoms with van der Waals surface area (Å²) in [5.74, 6) is 1.75. The molecule has 0 fully saturated rings. The van der Waals surface area contributed by atoms with Crippen LogP contribution in [0.15, 0.2) is 42.2 Å². The Kier molecular flexibility index (Phi) is 5.82. The Hall–Kier alpha value is 0.250. The standard InChI is InChI=1S/C13H7Br4ClO2/c1-19-13-10(5-8(18)11(16)12(13)17)20-9-3-2-6(14)4-7(9)15/h2-5H,1H3. The van der Waals surface area contributed by atoms with E-state index in [0.717, 1.165) is 13.4 Å². The van der Waals surface area contributed by atoms with Crippen LogP contribution in [0, 0.1) is 0 Å². The van der Waals surface area contributed by atoms with Crippen molar-refractivity contribution in [2.45, 2.75) is 0 Å². The second-order valence-corrected chi connectivity index (χ2v) is 7.46. The van der Waals surface area contributed by atoms with Gasteiger partial charge in [0.15, 0.2) is 11.5 Å². The third-order valence-electron chi connectivity index (χ3n) is 2.40. The number of rotatable bonds is 3. The topological polar surface area (TPSA) is 18.5 Å². The molecule has 2 aromatic carbocycles. The number of hydrogen-bond donors (Lipinski definition) is 0. The van der Waals surface area contributed by atoms with Gasteiger partial charge in [0, 0.05) is 10.5 Å². The van der Waals surface area contributed by atoms with Gasteiger partial charge >= 0.3 is 0 Å². The third-order valence-corrected chi connectivity index (χ3v) is 6.15. The van der Waals surface area contributed by atoms with Gasteiger partial charge < -0.3 is 9.47 Å². The molecule has 0 N–H and O–H groups in total. The zero-order chi connectivity index (χ0) is 14.9. The highest BCUT2D eigenvalue weighted by Gasteiger charge is 2.17. The van der Waals surface area contributed by atoms with Gasteiger partial charge in [-0.15, -0.1) is 0 Å². The molecule has 2 rings (SSSR count). The maximum atomic E-state index is 6.15. The lowest BCUT2D eigenvalue weighted by molar-refractivity contribution is 0.375. The van der Waals surface area contributed by atoms with Crippen molar-refractivity contribution in [1.29, 1.82) is 0 Å². The van der Waals surface area contributed by atoms with E-state index in [1.54, 1.807) is 13.2 Å². The zero-order valence-corrected chi connectivity index (χ0v) is 17.1. The van der Waals surface area contributed by atoms with Crippen LogP contribution in [0.2, 0.25) is 5.02 Å². The Morgan fingerprint density at radius 1 is 0.950 bits per heavy atom.